The third-order valence-corrected chi connectivity index (χ3v) is 1.74. The monoisotopic (exact) mass is 227 g/mol. The molecule has 0 saturated heterocycles. The van der Waals surface area contributed by atoms with E-state index in [4.69, 9.17) is 15.2 Å². The lowest BCUT2D eigenvalue weighted by Crippen LogP contribution is -2.18. The van der Waals surface area contributed by atoms with Crippen molar-refractivity contribution in [3.63, 3.8) is 0 Å². The number of hydrogen-bond donors (Lipinski definition) is 1. The minimum absolute atomic E-state index is 0.0508. The molecule has 1 aromatic rings. The SMILES string of the molecule is CCOC(=O)c1cnn(C(=O)OCC)c1N. The van der Waals surface area contributed by atoms with E-state index in [0.717, 1.165) is 4.68 Å². The summed E-state index contributed by atoms with van der Waals surface area (Å²) in [6, 6.07) is 0. The first-order valence-electron chi connectivity index (χ1n) is 4.79. The summed E-state index contributed by atoms with van der Waals surface area (Å²) in [7, 11) is 0. The van der Waals surface area contributed by atoms with Crippen LogP contribution in [0.5, 0.6) is 0 Å². The standard InChI is InChI=1S/C9H13N3O4/c1-3-15-8(13)6-5-11-12(7(6)10)9(14)16-4-2/h5H,3-4,10H2,1-2H3. The summed E-state index contributed by atoms with van der Waals surface area (Å²) in [5.74, 6) is -0.701. The zero-order valence-corrected chi connectivity index (χ0v) is 9.10. The molecule has 0 radical (unpaired) electrons. The number of anilines is 1. The molecule has 7 heteroatoms. The van der Waals surface area contributed by atoms with Crippen molar-refractivity contribution >= 4 is 17.9 Å². The van der Waals surface area contributed by atoms with Crippen molar-refractivity contribution in [1.82, 2.24) is 9.78 Å². The van der Waals surface area contributed by atoms with Gasteiger partial charge in [0.25, 0.3) is 0 Å². The minimum Gasteiger partial charge on any atom is -0.462 e. The molecule has 7 nitrogen and oxygen atoms in total. The Morgan fingerprint density at radius 3 is 2.56 bits per heavy atom. The van der Waals surface area contributed by atoms with Crippen LogP contribution in [0, 0.1) is 0 Å². The molecule has 88 valence electrons. The van der Waals surface area contributed by atoms with Crippen LogP contribution < -0.4 is 5.73 Å². The molecule has 0 aromatic carbocycles. The normalized spacial score (nSPS) is 9.88. The van der Waals surface area contributed by atoms with Gasteiger partial charge in [0, 0.05) is 0 Å². The van der Waals surface area contributed by atoms with Gasteiger partial charge in [-0.1, -0.05) is 0 Å². The van der Waals surface area contributed by atoms with E-state index in [9.17, 15) is 9.59 Å². The Bertz CT molecular complexity index is 364. The highest BCUT2D eigenvalue weighted by Crippen LogP contribution is 2.12. The molecule has 0 amide bonds. The Hall–Kier alpha value is -2.05. The van der Waals surface area contributed by atoms with Gasteiger partial charge in [-0.3, -0.25) is 0 Å². The summed E-state index contributed by atoms with van der Waals surface area (Å²) in [5, 5.41) is 3.65. The highest BCUT2D eigenvalue weighted by Gasteiger charge is 2.20. The van der Waals surface area contributed by atoms with Crippen LogP contribution in [-0.2, 0) is 9.47 Å². The summed E-state index contributed by atoms with van der Waals surface area (Å²) in [5.41, 5.74) is 5.62. The van der Waals surface area contributed by atoms with Gasteiger partial charge >= 0.3 is 12.1 Å². The van der Waals surface area contributed by atoms with Crippen LogP contribution in [0.1, 0.15) is 24.2 Å². The van der Waals surface area contributed by atoms with Crippen molar-refractivity contribution in [3.8, 4) is 0 Å². The van der Waals surface area contributed by atoms with Gasteiger partial charge < -0.3 is 15.2 Å². The molecule has 0 bridgehead atoms. The van der Waals surface area contributed by atoms with Gasteiger partial charge in [-0.25, -0.2) is 9.59 Å². The van der Waals surface area contributed by atoms with Gasteiger partial charge in [0.15, 0.2) is 0 Å². The van der Waals surface area contributed by atoms with Gasteiger partial charge in [0.2, 0.25) is 0 Å². The number of nitrogens with zero attached hydrogens (tertiary/aromatic N) is 2. The van der Waals surface area contributed by atoms with E-state index in [0.29, 0.717) is 0 Å². The summed E-state index contributed by atoms with van der Waals surface area (Å²) >= 11 is 0. The predicted molar refractivity (Wildman–Crippen MR) is 55.0 cm³/mol. The van der Waals surface area contributed by atoms with Crippen molar-refractivity contribution < 1.29 is 19.1 Å². The lowest BCUT2D eigenvalue weighted by atomic mass is 10.3. The van der Waals surface area contributed by atoms with Crippen molar-refractivity contribution in [2.45, 2.75) is 13.8 Å². The van der Waals surface area contributed by atoms with Gasteiger partial charge in [-0.05, 0) is 13.8 Å². The highest BCUT2D eigenvalue weighted by molar-refractivity contribution is 5.95. The lowest BCUT2D eigenvalue weighted by Gasteiger charge is -2.03. The van der Waals surface area contributed by atoms with E-state index in [2.05, 4.69) is 5.10 Å². The summed E-state index contributed by atoms with van der Waals surface area (Å²) in [6.45, 7) is 3.75. The molecule has 0 unspecified atom stereocenters. The van der Waals surface area contributed by atoms with Gasteiger partial charge in [0.05, 0.1) is 19.4 Å². The maximum absolute atomic E-state index is 11.4. The number of aromatic nitrogens is 2. The van der Waals surface area contributed by atoms with Crippen molar-refractivity contribution in [1.29, 1.82) is 0 Å². The number of ether oxygens (including phenoxy) is 2. The van der Waals surface area contributed by atoms with Crippen LogP contribution in [0.25, 0.3) is 0 Å². The third kappa shape index (κ3) is 2.30. The average molecular weight is 227 g/mol. The summed E-state index contributed by atoms with van der Waals surface area (Å²) < 4.78 is 10.2. The zero-order chi connectivity index (χ0) is 12.1. The molecule has 1 rings (SSSR count). The van der Waals surface area contributed by atoms with Gasteiger partial charge in [0.1, 0.15) is 11.4 Å². The van der Waals surface area contributed by atoms with Gasteiger partial charge in [-0.15, -0.1) is 4.68 Å². The number of hydrogen-bond acceptors (Lipinski definition) is 6. The van der Waals surface area contributed by atoms with E-state index >= 15 is 0 Å². The minimum atomic E-state index is -0.726. The number of esters is 1. The Morgan fingerprint density at radius 1 is 1.38 bits per heavy atom. The number of carbonyl (C=O) groups excluding carboxylic acids is 2. The second-order valence-corrected chi connectivity index (χ2v) is 2.77. The van der Waals surface area contributed by atoms with Crippen LogP contribution in [-0.4, -0.2) is 35.1 Å². The van der Waals surface area contributed by atoms with E-state index in [1.54, 1.807) is 13.8 Å². The molecule has 0 saturated carbocycles. The Labute approximate surface area is 92.1 Å². The second kappa shape index (κ2) is 5.15. The first-order chi connectivity index (χ1) is 7.61. The maximum Gasteiger partial charge on any atom is 0.436 e. The fraction of sp³-hybridized carbons (Fsp3) is 0.444. The zero-order valence-electron chi connectivity index (χ0n) is 9.10. The molecule has 2 N–H and O–H groups in total. The molecule has 1 heterocycles. The molecule has 1 aromatic heterocycles. The van der Waals surface area contributed by atoms with Crippen LogP contribution in [0.15, 0.2) is 6.20 Å². The van der Waals surface area contributed by atoms with Crippen molar-refractivity contribution in [2.75, 3.05) is 18.9 Å². The Morgan fingerprint density at radius 2 is 2.00 bits per heavy atom. The van der Waals surface area contributed by atoms with Crippen molar-refractivity contribution in [2.24, 2.45) is 0 Å². The number of nitrogens with two attached hydrogens (primary N) is 1. The van der Waals surface area contributed by atoms with Crippen LogP contribution in [0.3, 0.4) is 0 Å². The first-order valence-corrected chi connectivity index (χ1v) is 4.79. The summed E-state index contributed by atoms with van der Waals surface area (Å²) in [4.78, 5) is 22.7. The fourth-order valence-corrected chi connectivity index (χ4v) is 1.05. The van der Waals surface area contributed by atoms with Crippen LogP contribution in [0.2, 0.25) is 0 Å². The van der Waals surface area contributed by atoms with E-state index in [-0.39, 0.29) is 24.6 Å². The quantitative estimate of drug-likeness (QED) is 0.761. The molecule has 0 aliphatic rings. The fourth-order valence-electron chi connectivity index (χ4n) is 1.05. The third-order valence-electron chi connectivity index (χ3n) is 1.74. The number of carbonyl (C=O) groups is 2. The Balaban J connectivity index is 2.92. The van der Waals surface area contributed by atoms with E-state index in [1.165, 1.54) is 6.20 Å². The highest BCUT2D eigenvalue weighted by atomic mass is 16.6. The molecule has 16 heavy (non-hydrogen) atoms. The summed E-state index contributed by atoms with van der Waals surface area (Å²) in [6.07, 6.45) is 0.445. The van der Waals surface area contributed by atoms with Crippen LogP contribution >= 0.6 is 0 Å². The Kier molecular flexibility index (Phi) is 3.87. The maximum atomic E-state index is 11.4. The van der Waals surface area contributed by atoms with Crippen LogP contribution in [0.4, 0.5) is 10.6 Å². The van der Waals surface area contributed by atoms with E-state index < -0.39 is 12.1 Å². The van der Waals surface area contributed by atoms with Crippen molar-refractivity contribution in [3.05, 3.63) is 11.8 Å². The lowest BCUT2D eigenvalue weighted by molar-refractivity contribution is 0.0527. The predicted octanol–water partition coefficient (Wildman–Crippen LogP) is 0.647. The molecule has 0 atom stereocenters. The second-order valence-electron chi connectivity index (χ2n) is 2.77. The molecular weight excluding hydrogens is 214 g/mol. The molecule has 0 fully saturated rings. The smallest absolute Gasteiger partial charge is 0.436 e. The van der Waals surface area contributed by atoms with E-state index in [1.807, 2.05) is 0 Å². The molecular formula is C9H13N3O4. The largest absolute Gasteiger partial charge is 0.462 e. The molecule has 0 aliphatic heterocycles. The number of nitrogen functional groups attached to an aromatic ring is 1. The van der Waals surface area contributed by atoms with Gasteiger partial charge in [-0.2, -0.15) is 5.10 Å². The number of rotatable bonds is 3. The average Bonchev–Trinajstić information content (AvgIpc) is 2.61. The first kappa shape index (κ1) is 12.0. The topological polar surface area (TPSA) is 96.4 Å². The molecule has 0 spiro atoms. The molecule has 0 aliphatic carbocycles.